The SMILES string of the molecule is CCc1ccccc1Nc1nc(N)nc(CN2CCCCCC2)n1. The van der Waals surface area contributed by atoms with Gasteiger partial charge in [-0.3, -0.25) is 4.90 Å². The molecule has 0 bridgehead atoms. The number of aryl methyl sites for hydroxylation is 1. The standard InChI is InChI=1S/C18H26N6/c1-2-14-9-5-6-10-15(14)20-18-22-16(21-17(19)23-18)13-24-11-7-3-4-8-12-24/h5-6,9-10H,2-4,7-8,11-13H2,1H3,(H3,19,20,21,22,23). The predicted molar refractivity (Wildman–Crippen MR) is 97.1 cm³/mol. The van der Waals surface area contributed by atoms with E-state index in [4.69, 9.17) is 5.73 Å². The number of anilines is 3. The van der Waals surface area contributed by atoms with Gasteiger partial charge in [-0.2, -0.15) is 15.0 Å². The molecule has 1 aromatic heterocycles. The minimum Gasteiger partial charge on any atom is -0.368 e. The van der Waals surface area contributed by atoms with E-state index < -0.39 is 0 Å². The number of nitrogens with two attached hydrogens (primary N) is 1. The van der Waals surface area contributed by atoms with Crippen molar-refractivity contribution in [1.29, 1.82) is 0 Å². The topological polar surface area (TPSA) is 80.0 Å². The van der Waals surface area contributed by atoms with E-state index in [1.165, 1.54) is 31.2 Å². The number of nitrogens with zero attached hydrogens (tertiary/aromatic N) is 4. The Balaban J connectivity index is 1.75. The first-order valence-electron chi connectivity index (χ1n) is 8.82. The van der Waals surface area contributed by atoms with E-state index in [1.807, 2.05) is 18.2 Å². The number of hydrogen-bond donors (Lipinski definition) is 2. The molecule has 1 aromatic carbocycles. The number of nitrogen functional groups attached to an aromatic ring is 1. The second-order valence-corrected chi connectivity index (χ2v) is 6.26. The van der Waals surface area contributed by atoms with E-state index in [2.05, 4.69) is 38.2 Å². The van der Waals surface area contributed by atoms with Crippen molar-refractivity contribution < 1.29 is 0 Å². The van der Waals surface area contributed by atoms with Gasteiger partial charge in [0.25, 0.3) is 0 Å². The summed E-state index contributed by atoms with van der Waals surface area (Å²) in [6, 6.07) is 8.18. The van der Waals surface area contributed by atoms with Crippen LogP contribution in [0.2, 0.25) is 0 Å². The van der Waals surface area contributed by atoms with Gasteiger partial charge in [0.1, 0.15) is 5.82 Å². The zero-order chi connectivity index (χ0) is 16.8. The van der Waals surface area contributed by atoms with Crippen molar-refractivity contribution in [1.82, 2.24) is 19.9 Å². The van der Waals surface area contributed by atoms with Gasteiger partial charge in [0.15, 0.2) is 0 Å². The van der Waals surface area contributed by atoms with Gasteiger partial charge in [-0.15, -0.1) is 0 Å². The molecule has 6 nitrogen and oxygen atoms in total. The van der Waals surface area contributed by atoms with Crippen molar-refractivity contribution >= 4 is 17.6 Å². The fourth-order valence-corrected chi connectivity index (χ4v) is 3.13. The van der Waals surface area contributed by atoms with Gasteiger partial charge in [0.2, 0.25) is 11.9 Å². The smallest absolute Gasteiger partial charge is 0.232 e. The summed E-state index contributed by atoms with van der Waals surface area (Å²) in [6.45, 7) is 5.07. The molecule has 0 saturated carbocycles. The highest BCUT2D eigenvalue weighted by Crippen LogP contribution is 2.20. The van der Waals surface area contributed by atoms with Crippen LogP contribution in [-0.4, -0.2) is 32.9 Å². The fourth-order valence-electron chi connectivity index (χ4n) is 3.13. The number of aromatic nitrogens is 3. The third-order valence-corrected chi connectivity index (χ3v) is 4.41. The summed E-state index contributed by atoms with van der Waals surface area (Å²) in [7, 11) is 0. The lowest BCUT2D eigenvalue weighted by atomic mass is 10.1. The molecule has 1 aliphatic rings. The average molecular weight is 326 g/mol. The summed E-state index contributed by atoms with van der Waals surface area (Å²) in [5.74, 6) is 1.53. The van der Waals surface area contributed by atoms with Gasteiger partial charge < -0.3 is 11.1 Å². The van der Waals surface area contributed by atoms with Crippen LogP contribution in [0, 0.1) is 0 Å². The summed E-state index contributed by atoms with van der Waals surface area (Å²) in [5.41, 5.74) is 8.15. The second-order valence-electron chi connectivity index (χ2n) is 6.26. The molecule has 0 atom stereocenters. The Hall–Kier alpha value is -2.21. The van der Waals surface area contributed by atoms with E-state index in [9.17, 15) is 0 Å². The van der Waals surface area contributed by atoms with Crippen molar-refractivity contribution in [3.8, 4) is 0 Å². The molecule has 128 valence electrons. The van der Waals surface area contributed by atoms with Gasteiger partial charge in [0, 0.05) is 5.69 Å². The van der Waals surface area contributed by atoms with Crippen molar-refractivity contribution in [3.63, 3.8) is 0 Å². The quantitative estimate of drug-likeness (QED) is 0.878. The van der Waals surface area contributed by atoms with Crippen LogP contribution in [0.25, 0.3) is 0 Å². The van der Waals surface area contributed by atoms with Crippen LogP contribution in [0.15, 0.2) is 24.3 Å². The number of para-hydroxylation sites is 1. The minimum atomic E-state index is 0.270. The van der Waals surface area contributed by atoms with E-state index in [-0.39, 0.29) is 5.95 Å². The molecule has 1 saturated heterocycles. The zero-order valence-corrected chi connectivity index (χ0v) is 14.3. The summed E-state index contributed by atoms with van der Waals surface area (Å²) < 4.78 is 0. The lowest BCUT2D eigenvalue weighted by Gasteiger charge is -2.19. The van der Waals surface area contributed by atoms with Gasteiger partial charge in [-0.25, -0.2) is 0 Å². The van der Waals surface area contributed by atoms with Crippen LogP contribution >= 0.6 is 0 Å². The maximum atomic E-state index is 5.90. The average Bonchev–Trinajstić information content (AvgIpc) is 2.83. The van der Waals surface area contributed by atoms with Crippen molar-refractivity contribution in [2.75, 3.05) is 24.1 Å². The lowest BCUT2D eigenvalue weighted by molar-refractivity contribution is 0.270. The number of hydrogen-bond acceptors (Lipinski definition) is 6. The van der Waals surface area contributed by atoms with Crippen LogP contribution in [0.4, 0.5) is 17.6 Å². The van der Waals surface area contributed by atoms with Crippen LogP contribution in [0.3, 0.4) is 0 Å². The maximum absolute atomic E-state index is 5.90. The molecule has 2 heterocycles. The Labute approximate surface area is 143 Å². The number of nitrogens with one attached hydrogen (secondary N) is 1. The maximum Gasteiger partial charge on any atom is 0.232 e. The van der Waals surface area contributed by atoms with Crippen LogP contribution < -0.4 is 11.1 Å². The third kappa shape index (κ3) is 4.41. The molecule has 6 heteroatoms. The Bertz CT molecular complexity index is 664. The van der Waals surface area contributed by atoms with Gasteiger partial charge in [-0.1, -0.05) is 38.0 Å². The molecule has 2 aromatic rings. The lowest BCUT2D eigenvalue weighted by Crippen LogP contribution is -2.25. The van der Waals surface area contributed by atoms with Gasteiger partial charge >= 0.3 is 0 Å². The Morgan fingerprint density at radius 2 is 1.79 bits per heavy atom. The first-order chi connectivity index (χ1) is 11.7. The van der Waals surface area contributed by atoms with Gasteiger partial charge in [0.05, 0.1) is 6.54 Å². The number of rotatable bonds is 5. The van der Waals surface area contributed by atoms with E-state index in [0.717, 1.165) is 37.6 Å². The Morgan fingerprint density at radius 3 is 2.54 bits per heavy atom. The molecule has 0 radical (unpaired) electrons. The van der Waals surface area contributed by atoms with E-state index >= 15 is 0 Å². The Morgan fingerprint density at radius 1 is 1.04 bits per heavy atom. The molecule has 0 spiro atoms. The van der Waals surface area contributed by atoms with Crippen molar-refractivity contribution in [2.45, 2.75) is 45.6 Å². The van der Waals surface area contributed by atoms with Crippen molar-refractivity contribution in [3.05, 3.63) is 35.7 Å². The molecule has 0 aliphatic carbocycles. The Kier molecular flexibility index (Phi) is 5.59. The molecule has 3 N–H and O–H groups in total. The van der Waals surface area contributed by atoms with Crippen LogP contribution in [0.1, 0.15) is 44.0 Å². The molecule has 1 aliphatic heterocycles. The monoisotopic (exact) mass is 326 g/mol. The first kappa shape index (κ1) is 16.6. The van der Waals surface area contributed by atoms with Crippen LogP contribution in [0.5, 0.6) is 0 Å². The van der Waals surface area contributed by atoms with E-state index in [0.29, 0.717) is 5.95 Å². The summed E-state index contributed by atoms with van der Waals surface area (Å²) >= 11 is 0. The number of benzene rings is 1. The normalized spacial score (nSPS) is 15.9. The highest BCUT2D eigenvalue weighted by Gasteiger charge is 2.13. The largest absolute Gasteiger partial charge is 0.368 e. The molecule has 24 heavy (non-hydrogen) atoms. The van der Waals surface area contributed by atoms with E-state index in [1.54, 1.807) is 0 Å². The first-order valence-corrected chi connectivity index (χ1v) is 8.82. The molecule has 1 fully saturated rings. The fraction of sp³-hybridized carbons (Fsp3) is 0.500. The van der Waals surface area contributed by atoms with Crippen molar-refractivity contribution in [2.24, 2.45) is 0 Å². The van der Waals surface area contributed by atoms with Crippen LogP contribution in [-0.2, 0) is 13.0 Å². The summed E-state index contributed by atoms with van der Waals surface area (Å²) in [5, 5.41) is 3.29. The molecular formula is C18H26N6. The third-order valence-electron chi connectivity index (χ3n) is 4.41. The zero-order valence-electron chi connectivity index (χ0n) is 14.3. The predicted octanol–water partition coefficient (Wildman–Crippen LogP) is 3.14. The molecule has 0 unspecified atom stereocenters. The summed E-state index contributed by atoms with van der Waals surface area (Å²) in [4.78, 5) is 15.5. The molecular weight excluding hydrogens is 300 g/mol. The number of likely N-dealkylation sites (tertiary alicyclic amines) is 1. The van der Waals surface area contributed by atoms with Gasteiger partial charge in [-0.05, 0) is 44.0 Å². The molecule has 3 rings (SSSR count). The minimum absolute atomic E-state index is 0.270. The second kappa shape index (κ2) is 8.06. The highest BCUT2D eigenvalue weighted by molar-refractivity contribution is 5.58. The molecule has 0 amide bonds. The highest BCUT2D eigenvalue weighted by atomic mass is 15.2. The summed E-state index contributed by atoms with van der Waals surface area (Å²) in [6.07, 6.45) is 6.07.